The molecule has 0 atom stereocenters. The maximum atomic E-state index is 11.5. The summed E-state index contributed by atoms with van der Waals surface area (Å²) in [6.45, 7) is 16.2. The van der Waals surface area contributed by atoms with Crippen molar-refractivity contribution < 1.29 is 14.1 Å². The van der Waals surface area contributed by atoms with Gasteiger partial charge in [0, 0.05) is 11.6 Å². The Balaban J connectivity index is 0. The molecule has 0 amide bonds. The number of esters is 1. The van der Waals surface area contributed by atoms with Crippen LogP contribution in [0.1, 0.15) is 71.4 Å². The number of rotatable bonds is 4. The number of aromatic nitrogens is 1. The second-order valence-electron chi connectivity index (χ2n) is 3.85. The average molecular weight is 335 g/mol. The summed E-state index contributed by atoms with van der Waals surface area (Å²) in [6, 6.07) is 9.56. The summed E-state index contributed by atoms with van der Waals surface area (Å²) in [5.41, 5.74) is 2.33. The fourth-order valence-electron chi connectivity index (χ4n) is 1.66. The molecule has 1 aromatic heterocycles. The first-order chi connectivity index (χ1) is 11.7. The fourth-order valence-corrected chi connectivity index (χ4v) is 1.66. The molecule has 0 saturated heterocycles. The third kappa shape index (κ3) is 7.95. The van der Waals surface area contributed by atoms with Crippen LogP contribution >= 0.6 is 0 Å². The highest BCUT2D eigenvalue weighted by Gasteiger charge is 2.14. The highest BCUT2D eigenvalue weighted by atomic mass is 16.5. The third-order valence-electron chi connectivity index (χ3n) is 2.61. The van der Waals surface area contributed by atoms with Gasteiger partial charge >= 0.3 is 5.97 Å². The molecule has 2 aromatic rings. The van der Waals surface area contributed by atoms with Crippen molar-refractivity contribution in [2.45, 2.75) is 61.8 Å². The van der Waals surface area contributed by atoms with Crippen LogP contribution in [0.4, 0.5) is 0 Å². The first kappa shape index (κ1) is 24.2. The second kappa shape index (κ2) is 15.8. The van der Waals surface area contributed by atoms with E-state index >= 15 is 0 Å². The molecule has 0 spiro atoms. The Bertz CT molecular complexity index is 547. The number of aryl methyl sites for hydroxylation is 1. The third-order valence-corrected chi connectivity index (χ3v) is 2.61. The molecule has 0 aliphatic rings. The smallest absolute Gasteiger partial charge is 0.360 e. The second-order valence-corrected chi connectivity index (χ2v) is 3.85. The average Bonchev–Trinajstić information content (AvgIpc) is 3.17. The van der Waals surface area contributed by atoms with Crippen molar-refractivity contribution >= 4 is 5.97 Å². The quantitative estimate of drug-likeness (QED) is 0.628. The van der Waals surface area contributed by atoms with Crippen LogP contribution < -0.4 is 0 Å². The summed E-state index contributed by atoms with van der Waals surface area (Å²) in [7, 11) is 0. The first-order valence-electron chi connectivity index (χ1n) is 8.97. The highest BCUT2D eigenvalue weighted by Crippen LogP contribution is 2.22. The molecule has 2 rings (SSSR count). The molecule has 1 heterocycles. The van der Waals surface area contributed by atoms with Gasteiger partial charge < -0.3 is 9.26 Å². The Labute approximate surface area is 147 Å². The molecule has 0 bridgehead atoms. The summed E-state index contributed by atoms with van der Waals surface area (Å²) in [6.07, 6.45) is 0.951. The van der Waals surface area contributed by atoms with Crippen LogP contribution in [0.25, 0.3) is 11.3 Å². The van der Waals surface area contributed by atoms with Crippen LogP contribution in [-0.4, -0.2) is 17.7 Å². The highest BCUT2D eigenvalue weighted by molar-refractivity contribution is 5.88. The van der Waals surface area contributed by atoms with Crippen molar-refractivity contribution in [1.82, 2.24) is 5.16 Å². The largest absolute Gasteiger partial charge is 0.461 e. The molecule has 24 heavy (non-hydrogen) atoms. The minimum Gasteiger partial charge on any atom is -0.461 e. The number of benzene rings is 1. The van der Waals surface area contributed by atoms with Gasteiger partial charge in [0.1, 0.15) is 0 Å². The molecule has 0 N–H and O–H groups in total. The monoisotopic (exact) mass is 335 g/mol. The predicted octanol–water partition coefficient (Wildman–Crippen LogP) is 6.16. The zero-order valence-corrected chi connectivity index (χ0v) is 16.5. The first-order valence-corrected chi connectivity index (χ1v) is 8.97. The van der Waals surface area contributed by atoms with Crippen molar-refractivity contribution in [3.63, 3.8) is 0 Å². The lowest BCUT2D eigenvalue weighted by molar-refractivity contribution is 0.0514. The van der Waals surface area contributed by atoms with Crippen LogP contribution in [0, 0.1) is 0 Å². The van der Waals surface area contributed by atoms with E-state index in [2.05, 4.69) is 12.1 Å². The standard InChI is InChI=1S/C14H15NO3.3C2H6/c1-3-10-6-5-7-11(8-10)13-9-12(15-18-13)14(16)17-4-2;3*1-2/h5-9H,3-4H2,1-2H3;3*1-2H3. The lowest BCUT2D eigenvalue weighted by Crippen LogP contribution is -2.04. The topological polar surface area (TPSA) is 52.3 Å². The maximum Gasteiger partial charge on any atom is 0.360 e. The zero-order valence-electron chi connectivity index (χ0n) is 16.5. The number of carbonyl (C=O) groups excluding carboxylic acids is 1. The Morgan fingerprint density at radius 2 is 1.67 bits per heavy atom. The molecule has 0 aliphatic heterocycles. The van der Waals surface area contributed by atoms with Crippen molar-refractivity contribution in [2.24, 2.45) is 0 Å². The van der Waals surface area contributed by atoms with Crippen molar-refractivity contribution in [3.8, 4) is 11.3 Å². The lowest BCUT2D eigenvalue weighted by Gasteiger charge is -1.98. The Kier molecular flexibility index (Phi) is 15.9. The maximum absolute atomic E-state index is 11.5. The van der Waals surface area contributed by atoms with E-state index in [-0.39, 0.29) is 5.69 Å². The molecule has 0 saturated carbocycles. The summed E-state index contributed by atoms with van der Waals surface area (Å²) in [4.78, 5) is 11.5. The van der Waals surface area contributed by atoms with Gasteiger partial charge in [-0.3, -0.25) is 0 Å². The van der Waals surface area contributed by atoms with E-state index in [0.29, 0.717) is 12.4 Å². The number of nitrogens with zero attached hydrogens (tertiary/aromatic N) is 1. The molecule has 1 aromatic carbocycles. The molecule has 4 heteroatoms. The number of carbonyl (C=O) groups is 1. The van der Waals surface area contributed by atoms with Crippen LogP contribution in [0.15, 0.2) is 34.9 Å². The molecule has 0 unspecified atom stereocenters. The molecule has 136 valence electrons. The molecule has 4 nitrogen and oxygen atoms in total. The summed E-state index contributed by atoms with van der Waals surface area (Å²) < 4.78 is 10.0. The SMILES string of the molecule is CC.CC.CC.CCOC(=O)c1cc(-c2cccc(CC)c2)on1. The Hall–Kier alpha value is -2.10. The Morgan fingerprint density at radius 3 is 2.21 bits per heavy atom. The number of ether oxygens (including phenoxy) is 1. The van der Waals surface area contributed by atoms with Crippen molar-refractivity contribution in [1.29, 1.82) is 0 Å². The van der Waals surface area contributed by atoms with Crippen LogP contribution in [0.3, 0.4) is 0 Å². The molecular formula is C20H33NO3. The van der Waals surface area contributed by atoms with E-state index in [1.165, 1.54) is 5.56 Å². The molecule has 0 fully saturated rings. The minimum atomic E-state index is -0.459. The van der Waals surface area contributed by atoms with E-state index in [4.69, 9.17) is 9.26 Å². The van der Waals surface area contributed by atoms with E-state index < -0.39 is 5.97 Å². The fraction of sp³-hybridized carbons (Fsp3) is 0.500. The number of hydrogen-bond acceptors (Lipinski definition) is 4. The number of hydrogen-bond donors (Lipinski definition) is 0. The van der Waals surface area contributed by atoms with E-state index in [1.54, 1.807) is 13.0 Å². The van der Waals surface area contributed by atoms with Gasteiger partial charge in [-0.15, -0.1) is 0 Å². The summed E-state index contributed by atoms with van der Waals surface area (Å²) in [5, 5.41) is 3.72. The predicted molar refractivity (Wildman–Crippen MR) is 101 cm³/mol. The van der Waals surface area contributed by atoms with Gasteiger partial charge in [-0.2, -0.15) is 0 Å². The van der Waals surface area contributed by atoms with Gasteiger partial charge in [0.05, 0.1) is 6.61 Å². The summed E-state index contributed by atoms with van der Waals surface area (Å²) >= 11 is 0. The van der Waals surface area contributed by atoms with Gasteiger partial charge in [0.2, 0.25) is 0 Å². The molecule has 0 radical (unpaired) electrons. The van der Waals surface area contributed by atoms with Gasteiger partial charge in [-0.05, 0) is 25.0 Å². The van der Waals surface area contributed by atoms with Crippen LogP contribution in [0.5, 0.6) is 0 Å². The summed E-state index contributed by atoms with van der Waals surface area (Å²) in [5.74, 6) is 0.118. The minimum absolute atomic E-state index is 0.203. The Morgan fingerprint density at radius 1 is 1.04 bits per heavy atom. The normalized spacial score (nSPS) is 8.50. The van der Waals surface area contributed by atoms with Gasteiger partial charge in [0.25, 0.3) is 0 Å². The van der Waals surface area contributed by atoms with Crippen molar-refractivity contribution in [3.05, 3.63) is 41.6 Å². The van der Waals surface area contributed by atoms with E-state index in [9.17, 15) is 4.79 Å². The van der Waals surface area contributed by atoms with Gasteiger partial charge in [-0.1, -0.05) is 71.8 Å². The van der Waals surface area contributed by atoms with Crippen LogP contribution in [0.2, 0.25) is 0 Å². The van der Waals surface area contributed by atoms with E-state index in [1.807, 2.05) is 65.8 Å². The van der Waals surface area contributed by atoms with Crippen LogP contribution in [-0.2, 0) is 11.2 Å². The van der Waals surface area contributed by atoms with Gasteiger partial charge in [-0.25, -0.2) is 4.79 Å². The molecule has 0 aliphatic carbocycles. The van der Waals surface area contributed by atoms with Gasteiger partial charge in [0.15, 0.2) is 11.5 Å². The lowest BCUT2D eigenvalue weighted by atomic mass is 10.1. The zero-order chi connectivity index (χ0) is 19.0. The van der Waals surface area contributed by atoms with E-state index in [0.717, 1.165) is 12.0 Å². The molecular weight excluding hydrogens is 302 g/mol. The van der Waals surface area contributed by atoms with Crippen molar-refractivity contribution in [2.75, 3.05) is 6.61 Å².